The van der Waals surface area contributed by atoms with Crippen LogP contribution in [0.5, 0.6) is 0 Å². The third-order valence-corrected chi connectivity index (χ3v) is 4.12. The van der Waals surface area contributed by atoms with E-state index < -0.39 is 6.03 Å². The zero-order chi connectivity index (χ0) is 17.1. The summed E-state index contributed by atoms with van der Waals surface area (Å²) in [7, 11) is 0. The van der Waals surface area contributed by atoms with E-state index in [1.165, 1.54) is 11.1 Å². The van der Waals surface area contributed by atoms with Gasteiger partial charge in [0.1, 0.15) is 0 Å². The van der Waals surface area contributed by atoms with Crippen LogP contribution in [0.2, 0.25) is 0 Å². The van der Waals surface area contributed by atoms with E-state index in [2.05, 4.69) is 86.2 Å². The Bertz CT molecular complexity index is 521. The highest BCUT2D eigenvalue weighted by molar-refractivity contribution is 5.72. The van der Waals surface area contributed by atoms with Gasteiger partial charge in [0.05, 0.1) is 0 Å². The van der Waals surface area contributed by atoms with Gasteiger partial charge in [-0.3, -0.25) is 10.9 Å². The van der Waals surface area contributed by atoms with Gasteiger partial charge in [-0.25, -0.2) is 16.5 Å². The van der Waals surface area contributed by atoms with Crippen LogP contribution in [0.1, 0.15) is 37.8 Å². The fraction of sp³-hybridized carbons (Fsp3) is 0.278. The topological polar surface area (TPSA) is 93.2 Å². The number of carbonyl (C=O) groups excluding carboxylic acids is 1. The molecular weight excluding hydrogens is 288 g/mol. The van der Waals surface area contributed by atoms with Crippen molar-refractivity contribution in [3.05, 3.63) is 71.8 Å². The Morgan fingerprint density at radius 1 is 0.826 bits per heavy atom. The largest absolute Gasteiger partial charge is 0.343 e. The summed E-state index contributed by atoms with van der Waals surface area (Å²) in [4.78, 5) is 9.71. The SMILES string of the molecule is CCC(CC)(c1ccccc1)c1ccccc1.NNC(=O)NN. The lowest BCUT2D eigenvalue weighted by atomic mass is 9.71. The molecule has 0 bridgehead atoms. The molecule has 0 aromatic heterocycles. The highest BCUT2D eigenvalue weighted by Crippen LogP contribution is 2.38. The summed E-state index contributed by atoms with van der Waals surface area (Å²) in [5.41, 5.74) is 6.50. The zero-order valence-electron chi connectivity index (χ0n) is 13.8. The molecule has 124 valence electrons. The molecule has 0 aliphatic heterocycles. The highest BCUT2D eigenvalue weighted by Gasteiger charge is 2.29. The molecule has 23 heavy (non-hydrogen) atoms. The van der Waals surface area contributed by atoms with Crippen molar-refractivity contribution >= 4 is 6.03 Å². The number of amides is 2. The first kappa shape index (κ1) is 18.7. The van der Waals surface area contributed by atoms with Crippen LogP contribution < -0.4 is 22.5 Å². The zero-order valence-corrected chi connectivity index (χ0v) is 13.8. The van der Waals surface area contributed by atoms with Gasteiger partial charge in [-0.2, -0.15) is 0 Å². The number of urea groups is 1. The minimum absolute atomic E-state index is 0.169. The molecule has 0 radical (unpaired) electrons. The lowest BCUT2D eigenvalue weighted by Crippen LogP contribution is -2.43. The van der Waals surface area contributed by atoms with Crippen molar-refractivity contribution in [2.45, 2.75) is 32.1 Å². The van der Waals surface area contributed by atoms with Crippen LogP contribution in [0.25, 0.3) is 0 Å². The Kier molecular flexibility index (Phi) is 7.80. The Hall–Kier alpha value is -2.37. The van der Waals surface area contributed by atoms with Gasteiger partial charge < -0.3 is 0 Å². The average Bonchev–Trinajstić information content (AvgIpc) is 2.65. The van der Waals surface area contributed by atoms with Crippen LogP contribution in [0.4, 0.5) is 4.79 Å². The Morgan fingerprint density at radius 3 is 1.39 bits per heavy atom. The van der Waals surface area contributed by atoms with Crippen molar-refractivity contribution in [3.63, 3.8) is 0 Å². The predicted molar refractivity (Wildman–Crippen MR) is 94.3 cm³/mol. The maximum absolute atomic E-state index is 9.71. The first-order chi connectivity index (χ1) is 11.1. The molecule has 0 saturated heterocycles. The predicted octanol–water partition coefficient (Wildman–Crippen LogP) is 2.83. The molecule has 0 atom stereocenters. The van der Waals surface area contributed by atoms with Gasteiger partial charge in [-0.15, -0.1) is 0 Å². The maximum Gasteiger partial charge on any atom is 0.343 e. The Labute approximate surface area is 138 Å². The van der Waals surface area contributed by atoms with Gasteiger partial charge >= 0.3 is 6.03 Å². The number of nitrogens with one attached hydrogen (secondary N) is 2. The number of hydrazine groups is 2. The quantitative estimate of drug-likeness (QED) is 0.397. The molecule has 0 heterocycles. The summed E-state index contributed by atoms with van der Waals surface area (Å²) >= 11 is 0. The van der Waals surface area contributed by atoms with Gasteiger partial charge in [0.25, 0.3) is 0 Å². The Morgan fingerprint density at radius 2 is 1.17 bits per heavy atom. The van der Waals surface area contributed by atoms with Gasteiger partial charge in [0.2, 0.25) is 0 Å². The third kappa shape index (κ3) is 4.81. The van der Waals surface area contributed by atoms with E-state index in [0.29, 0.717) is 0 Å². The van der Waals surface area contributed by atoms with E-state index in [1.54, 1.807) is 10.9 Å². The molecular formula is C18H26N4O. The second kappa shape index (κ2) is 9.61. The first-order valence-electron chi connectivity index (χ1n) is 7.72. The van der Waals surface area contributed by atoms with Crippen molar-refractivity contribution in [1.29, 1.82) is 0 Å². The van der Waals surface area contributed by atoms with Crippen LogP contribution in [-0.2, 0) is 5.41 Å². The van der Waals surface area contributed by atoms with E-state index in [9.17, 15) is 4.79 Å². The van der Waals surface area contributed by atoms with Crippen molar-refractivity contribution in [2.24, 2.45) is 11.7 Å². The molecule has 5 nitrogen and oxygen atoms in total. The molecule has 2 amide bonds. The third-order valence-electron chi connectivity index (χ3n) is 4.12. The standard InChI is InChI=1S/C17H20.CH6N4O/c1-3-17(4-2,15-11-7-5-8-12-15)16-13-9-6-10-14-16;2-4-1(6)5-3/h5-14H,3-4H2,1-2H3;2-3H2,(H2,4,5,6). The van der Waals surface area contributed by atoms with Crippen LogP contribution in [-0.4, -0.2) is 6.03 Å². The molecule has 5 heteroatoms. The van der Waals surface area contributed by atoms with Crippen LogP contribution >= 0.6 is 0 Å². The number of hydrogen-bond donors (Lipinski definition) is 4. The van der Waals surface area contributed by atoms with Gasteiger partial charge in [0.15, 0.2) is 0 Å². The number of carbonyl (C=O) groups is 1. The lowest BCUT2D eigenvalue weighted by molar-refractivity contribution is 0.241. The molecule has 2 aromatic carbocycles. The summed E-state index contributed by atoms with van der Waals surface area (Å²) in [5, 5.41) is 0. The van der Waals surface area contributed by atoms with Gasteiger partial charge in [-0.1, -0.05) is 74.5 Å². The van der Waals surface area contributed by atoms with E-state index in [0.717, 1.165) is 12.8 Å². The summed E-state index contributed by atoms with van der Waals surface area (Å²) in [6.07, 6.45) is 2.27. The molecule has 0 fully saturated rings. The van der Waals surface area contributed by atoms with Crippen molar-refractivity contribution in [3.8, 4) is 0 Å². The summed E-state index contributed by atoms with van der Waals surface area (Å²) in [6, 6.07) is 21.1. The molecule has 0 aliphatic carbocycles. The van der Waals surface area contributed by atoms with Crippen LogP contribution in [0, 0.1) is 0 Å². The summed E-state index contributed by atoms with van der Waals surface area (Å²) in [6.45, 7) is 4.56. The normalized spacial score (nSPS) is 10.3. The van der Waals surface area contributed by atoms with Crippen molar-refractivity contribution < 1.29 is 4.79 Å². The number of rotatable bonds is 4. The highest BCUT2D eigenvalue weighted by atomic mass is 16.2. The maximum atomic E-state index is 9.71. The number of hydrogen-bond acceptors (Lipinski definition) is 3. The second-order valence-electron chi connectivity index (χ2n) is 5.14. The molecule has 0 spiro atoms. The fourth-order valence-corrected chi connectivity index (χ4v) is 2.79. The molecule has 2 rings (SSSR count). The summed E-state index contributed by atoms with van der Waals surface area (Å²) < 4.78 is 0. The monoisotopic (exact) mass is 314 g/mol. The molecule has 0 saturated carbocycles. The minimum atomic E-state index is -0.602. The van der Waals surface area contributed by atoms with E-state index in [-0.39, 0.29) is 5.41 Å². The fourth-order valence-electron chi connectivity index (χ4n) is 2.79. The van der Waals surface area contributed by atoms with Crippen molar-refractivity contribution in [2.75, 3.05) is 0 Å². The van der Waals surface area contributed by atoms with Crippen LogP contribution in [0.3, 0.4) is 0 Å². The second-order valence-corrected chi connectivity index (χ2v) is 5.14. The summed E-state index contributed by atoms with van der Waals surface area (Å²) in [5.74, 6) is 9.08. The van der Waals surface area contributed by atoms with E-state index in [1.807, 2.05) is 0 Å². The van der Waals surface area contributed by atoms with Gasteiger partial charge in [-0.05, 0) is 24.0 Å². The smallest absolute Gasteiger partial charge is 0.275 e. The van der Waals surface area contributed by atoms with E-state index >= 15 is 0 Å². The molecule has 6 N–H and O–H groups in total. The average molecular weight is 314 g/mol. The minimum Gasteiger partial charge on any atom is -0.275 e. The Balaban J connectivity index is 0.000000379. The number of nitrogens with two attached hydrogens (primary N) is 2. The first-order valence-corrected chi connectivity index (χ1v) is 7.72. The molecule has 2 aromatic rings. The lowest BCUT2D eigenvalue weighted by Gasteiger charge is -2.33. The molecule has 0 aliphatic rings. The van der Waals surface area contributed by atoms with Crippen molar-refractivity contribution in [1.82, 2.24) is 10.9 Å². The number of benzene rings is 2. The molecule has 0 unspecified atom stereocenters. The van der Waals surface area contributed by atoms with Gasteiger partial charge in [0, 0.05) is 5.41 Å². The van der Waals surface area contributed by atoms with E-state index in [4.69, 9.17) is 0 Å². The van der Waals surface area contributed by atoms with Crippen LogP contribution in [0.15, 0.2) is 60.7 Å².